The van der Waals surface area contributed by atoms with Crippen LogP contribution >= 0.6 is 23.4 Å². The van der Waals surface area contributed by atoms with E-state index in [4.69, 9.17) is 22.6 Å². The van der Waals surface area contributed by atoms with Gasteiger partial charge < -0.3 is 5.73 Å². The summed E-state index contributed by atoms with van der Waals surface area (Å²) in [6.45, 7) is 1.99. The molecule has 132 valence electrons. The van der Waals surface area contributed by atoms with E-state index in [1.165, 1.54) is 24.0 Å². The van der Waals surface area contributed by atoms with Crippen molar-refractivity contribution in [2.75, 3.05) is 5.75 Å². The Balaban J connectivity index is 1.84. The summed E-state index contributed by atoms with van der Waals surface area (Å²) in [5.74, 6) is 0.658. The smallest absolute Gasteiger partial charge is 0.187 e. The molecule has 0 fully saturated rings. The lowest BCUT2D eigenvalue weighted by molar-refractivity contribution is 0.0988. The number of ketones is 1. The van der Waals surface area contributed by atoms with Crippen LogP contribution in [-0.2, 0) is 12.0 Å². The second-order valence-electron chi connectivity index (χ2n) is 6.14. The van der Waals surface area contributed by atoms with Crippen LogP contribution < -0.4 is 5.73 Å². The van der Waals surface area contributed by atoms with Crippen LogP contribution in [0.15, 0.2) is 35.6 Å². The van der Waals surface area contributed by atoms with Gasteiger partial charge in [0.2, 0.25) is 0 Å². The Morgan fingerprint density at radius 3 is 2.96 bits per heavy atom. The van der Waals surface area contributed by atoms with Gasteiger partial charge >= 0.3 is 0 Å². The highest BCUT2D eigenvalue weighted by atomic mass is 35.5. The lowest BCUT2D eigenvalue weighted by Gasteiger charge is -2.28. The van der Waals surface area contributed by atoms with E-state index in [9.17, 15) is 4.79 Å². The quantitative estimate of drug-likeness (QED) is 0.810. The summed E-state index contributed by atoms with van der Waals surface area (Å²) in [5.41, 5.74) is 7.44. The summed E-state index contributed by atoms with van der Waals surface area (Å²) >= 11 is 7.61. The molecule has 2 aromatic heterocycles. The molecule has 6 nitrogen and oxygen atoms in total. The maximum absolute atomic E-state index is 12.6. The number of Topliss-reactive ketones (excluding diaryl/α,β-unsaturated/α-hetero) is 1. The van der Waals surface area contributed by atoms with Gasteiger partial charge in [0.1, 0.15) is 17.3 Å². The molecule has 8 heteroatoms. The van der Waals surface area contributed by atoms with E-state index in [2.05, 4.69) is 15.0 Å². The van der Waals surface area contributed by atoms with Gasteiger partial charge in [-0.15, -0.1) is 0 Å². The molecule has 1 aliphatic rings. The number of carbonyl (C=O) groups is 1. The zero-order valence-electron chi connectivity index (χ0n) is 14.1. The summed E-state index contributed by atoms with van der Waals surface area (Å²) in [5, 5.41) is 9.59. The molecule has 2 aromatic rings. The fourth-order valence-electron chi connectivity index (χ4n) is 2.72. The molecule has 3 heterocycles. The normalized spacial score (nSPS) is 19.5. The van der Waals surface area contributed by atoms with Crippen molar-refractivity contribution in [3.63, 3.8) is 0 Å². The number of hydrogen-bond donors (Lipinski definition) is 1. The van der Waals surface area contributed by atoms with E-state index in [1.807, 2.05) is 19.1 Å². The van der Waals surface area contributed by atoms with Crippen molar-refractivity contribution in [2.24, 2.45) is 10.7 Å². The van der Waals surface area contributed by atoms with Gasteiger partial charge in [-0.1, -0.05) is 23.4 Å². The van der Waals surface area contributed by atoms with E-state index in [0.29, 0.717) is 10.7 Å². The summed E-state index contributed by atoms with van der Waals surface area (Å²) in [7, 11) is 0. The van der Waals surface area contributed by atoms with Crippen LogP contribution in [-0.4, -0.2) is 26.7 Å². The predicted molar refractivity (Wildman–Crippen MR) is 102 cm³/mol. The van der Waals surface area contributed by atoms with Gasteiger partial charge in [-0.05, 0) is 37.1 Å². The molecular weight excluding hydrogens is 370 g/mol. The Kier molecular flexibility index (Phi) is 5.25. The van der Waals surface area contributed by atoms with Crippen molar-refractivity contribution in [3.8, 4) is 6.07 Å². The Hall–Kier alpha value is -2.43. The van der Waals surface area contributed by atoms with Gasteiger partial charge in [-0.3, -0.25) is 14.8 Å². The zero-order chi connectivity index (χ0) is 18.7. The molecule has 0 amide bonds. The van der Waals surface area contributed by atoms with Crippen LogP contribution in [0.4, 0.5) is 0 Å². The van der Waals surface area contributed by atoms with Gasteiger partial charge in [0.15, 0.2) is 11.0 Å². The maximum Gasteiger partial charge on any atom is 0.187 e. The third-order valence-corrected chi connectivity index (χ3v) is 5.25. The number of nitrogens with two attached hydrogens (primary N) is 1. The van der Waals surface area contributed by atoms with Crippen molar-refractivity contribution in [2.45, 2.75) is 25.3 Å². The lowest BCUT2D eigenvalue weighted by atomic mass is 9.92. The molecule has 3 rings (SSSR count). The minimum absolute atomic E-state index is 0.137. The second kappa shape index (κ2) is 7.44. The minimum Gasteiger partial charge on any atom is -0.379 e. The van der Waals surface area contributed by atoms with E-state index in [1.54, 1.807) is 12.3 Å². The molecule has 0 bridgehead atoms. The third kappa shape index (κ3) is 3.87. The fourth-order valence-corrected chi connectivity index (χ4v) is 3.97. The van der Waals surface area contributed by atoms with Crippen molar-refractivity contribution in [1.29, 1.82) is 5.26 Å². The highest BCUT2D eigenvalue weighted by molar-refractivity contribution is 8.13. The van der Waals surface area contributed by atoms with Crippen LogP contribution in [0.5, 0.6) is 0 Å². The Morgan fingerprint density at radius 1 is 1.46 bits per heavy atom. The highest BCUT2D eigenvalue weighted by Crippen LogP contribution is 2.34. The van der Waals surface area contributed by atoms with Crippen molar-refractivity contribution in [1.82, 2.24) is 9.97 Å². The number of amidine groups is 1. The number of hydrogen-bond acceptors (Lipinski definition) is 7. The van der Waals surface area contributed by atoms with Crippen molar-refractivity contribution < 1.29 is 4.79 Å². The molecule has 1 atom stereocenters. The van der Waals surface area contributed by atoms with Crippen LogP contribution in [0.25, 0.3) is 0 Å². The summed E-state index contributed by atoms with van der Waals surface area (Å²) in [6.07, 6.45) is 3.98. The number of nitriles is 1. The van der Waals surface area contributed by atoms with Crippen molar-refractivity contribution >= 4 is 34.3 Å². The van der Waals surface area contributed by atoms with E-state index >= 15 is 0 Å². The SMILES string of the molecule is C[C@@]1(c2cc(CC(=O)c3ncc(C#N)cc3Cl)ccn2)CCSC(N)=N1. The first-order chi connectivity index (χ1) is 12.4. The van der Waals surface area contributed by atoms with Gasteiger partial charge in [0, 0.05) is 24.6 Å². The third-order valence-electron chi connectivity index (χ3n) is 4.17. The fraction of sp³-hybridized carbons (Fsp3) is 0.278. The highest BCUT2D eigenvalue weighted by Gasteiger charge is 2.31. The molecule has 0 saturated carbocycles. The number of aromatic nitrogens is 2. The molecule has 0 aromatic carbocycles. The van der Waals surface area contributed by atoms with Gasteiger partial charge in [0.05, 0.1) is 16.3 Å². The Morgan fingerprint density at radius 2 is 2.27 bits per heavy atom. The number of thioether (sulfide) groups is 1. The standard InChI is InChI=1S/C18H16ClN5OS/c1-18(3-5-26-17(21)24-18)15-8-11(2-4-22-15)7-14(25)16-13(19)6-12(9-20)10-23-16/h2,4,6,8,10H,3,5,7H2,1H3,(H2,21,24)/t18-/m0/s1. The summed E-state index contributed by atoms with van der Waals surface area (Å²) in [4.78, 5) is 25.5. The lowest BCUT2D eigenvalue weighted by Crippen LogP contribution is -2.29. The van der Waals surface area contributed by atoms with E-state index in [-0.39, 0.29) is 22.9 Å². The first kappa shape index (κ1) is 18.4. The van der Waals surface area contributed by atoms with Crippen LogP contribution in [0, 0.1) is 11.3 Å². The first-order valence-corrected chi connectivity index (χ1v) is 9.30. The largest absolute Gasteiger partial charge is 0.379 e. The number of pyridine rings is 2. The van der Waals surface area contributed by atoms with Crippen LogP contribution in [0.1, 0.15) is 40.7 Å². The van der Waals surface area contributed by atoms with Crippen LogP contribution in [0.3, 0.4) is 0 Å². The van der Waals surface area contributed by atoms with Gasteiger partial charge in [-0.25, -0.2) is 4.99 Å². The number of carbonyl (C=O) groups excluding carboxylic acids is 1. The van der Waals surface area contributed by atoms with E-state index in [0.717, 1.165) is 23.4 Å². The number of aliphatic imine (C=N–C) groups is 1. The topological polar surface area (TPSA) is 105 Å². The Bertz CT molecular complexity index is 939. The maximum atomic E-state index is 12.6. The van der Waals surface area contributed by atoms with Crippen LogP contribution in [0.2, 0.25) is 5.02 Å². The molecule has 0 saturated heterocycles. The van der Waals surface area contributed by atoms with Gasteiger partial charge in [0.25, 0.3) is 0 Å². The summed E-state index contributed by atoms with van der Waals surface area (Å²) < 4.78 is 0. The average Bonchev–Trinajstić information content (AvgIpc) is 2.61. The second-order valence-corrected chi connectivity index (χ2v) is 7.66. The summed E-state index contributed by atoms with van der Waals surface area (Å²) in [6, 6.07) is 7.05. The molecule has 0 radical (unpaired) electrons. The molecule has 0 aliphatic carbocycles. The zero-order valence-corrected chi connectivity index (χ0v) is 15.6. The molecule has 2 N–H and O–H groups in total. The number of nitrogens with zero attached hydrogens (tertiary/aromatic N) is 4. The average molecular weight is 386 g/mol. The van der Waals surface area contributed by atoms with Gasteiger partial charge in [-0.2, -0.15) is 5.26 Å². The minimum atomic E-state index is -0.487. The van der Waals surface area contributed by atoms with E-state index < -0.39 is 5.54 Å². The first-order valence-electron chi connectivity index (χ1n) is 7.94. The Labute approximate surface area is 160 Å². The predicted octanol–water partition coefficient (Wildman–Crippen LogP) is 3.09. The van der Waals surface area contributed by atoms with Crippen molar-refractivity contribution in [3.05, 3.63) is 58.1 Å². The molecule has 1 aliphatic heterocycles. The molecule has 0 unspecified atom stereocenters. The molecule has 26 heavy (non-hydrogen) atoms. The molecule has 0 spiro atoms. The number of rotatable bonds is 4. The number of halogens is 1. The monoisotopic (exact) mass is 385 g/mol. The molecular formula is C18H16ClN5OS.